The molecule has 0 aliphatic heterocycles. The van der Waals surface area contributed by atoms with Crippen LogP contribution in [-0.2, 0) is 26.4 Å². The Bertz CT molecular complexity index is 757. The Kier molecular flexibility index (Phi) is 3.97. The molecule has 110 valence electrons. The fourth-order valence-corrected chi connectivity index (χ4v) is 2.82. The number of halogens is 1. The van der Waals surface area contributed by atoms with E-state index in [4.69, 9.17) is 16.6 Å². The quantitative estimate of drug-likeness (QED) is 0.679. The highest BCUT2D eigenvalue weighted by atomic mass is 35.5. The van der Waals surface area contributed by atoms with E-state index in [1.54, 1.807) is 0 Å². The Labute approximate surface area is 129 Å². The van der Waals surface area contributed by atoms with Crippen LogP contribution in [-0.4, -0.2) is 25.2 Å². The molecule has 0 aliphatic rings. The number of imidazole rings is 1. The van der Waals surface area contributed by atoms with E-state index in [0.717, 1.165) is 30.7 Å². The lowest BCUT2D eigenvalue weighted by molar-refractivity contribution is 0.674. The Morgan fingerprint density at radius 2 is 2.10 bits per heavy atom. The zero-order chi connectivity index (χ0) is 14.8. The van der Waals surface area contributed by atoms with Gasteiger partial charge >= 0.3 is 0 Å². The first-order valence-corrected chi connectivity index (χ1v) is 7.70. The van der Waals surface area contributed by atoms with E-state index < -0.39 is 0 Å². The minimum absolute atomic E-state index is 0.592. The summed E-state index contributed by atoms with van der Waals surface area (Å²) in [6, 6.07) is 6.39. The van der Waals surface area contributed by atoms with Gasteiger partial charge < -0.3 is 4.57 Å². The molecule has 0 radical (unpaired) electrons. The number of aryl methyl sites for hydroxylation is 5. The van der Waals surface area contributed by atoms with Crippen molar-refractivity contribution in [3.63, 3.8) is 0 Å². The highest BCUT2D eigenvalue weighted by molar-refractivity contribution is 6.17. The van der Waals surface area contributed by atoms with Crippen molar-refractivity contribution in [2.75, 3.05) is 5.88 Å². The average molecular weight is 303 g/mol. The van der Waals surface area contributed by atoms with Crippen molar-refractivity contribution in [3.05, 3.63) is 47.5 Å². The van der Waals surface area contributed by atoms with Crippen molar-refractivity contribution in [2.45, 2.75) is 26.3 Å². The van der Waals surface area contributed by atoms with Crippen LogP contribution in [0.5, 0.6) is 0 Å². The van der Waals surface area contributed by atoms with E-state index in [1.807, 2.05) is 17.9 Å². The molecule has 0 fully saturated rings. The number of hydrogen-bond acceptors (Lipinski definition) is 2. The van der Waals surface area contributed by atoms with E-state index in [-0.39, 0.29) is 0 Å². The highest BCUT2D eigenvalue weighted by Gasteiger charge is 2.11. The Morgan fingerprint density at radius 3 is 2.81 bits per heavy atom. The molecule has 0 aliphatic carbocycles. The first kappa shape index (κ1) is 14.1. The van der Waals surface area contributed by atoms with Crippen molar-refractivity contribution < 1.29 is 0 Å². The molecule has 1 aromatic carbocycles. The highest BCUT2D eigenvalue weighted by Crippen LogP contribution is 2.19. The van der Waals surface area contributed by atoms with E-state index >= 15 is 0 Å². The van der Waals surface area contributed by atoms with Crippen LogP contribution < -0.4 is 0 Å². The largest absolute Gasteiger partial charge is 0.328 e. The molecular formula is C16H19ClN4. The molecule has 0 atom stereocenters. The van der Waals surface area contributed by atoms with Crippen LogP contribution in [0.25, 0.3) is 11.0 Å². The molecule has 21 heavy (non-hydrogen) atoms. The summed E-state index contributed by atoms with van der Waals surface area (Å²) in [5.74, 6) is 1.66. The third kappa shape index (κ3) is 2.95. The van der Waals surface area contributed by atoms with Crippen molar-refractivity contribution in [3.8, 4) is 0 Å². The van der Waals surface area contributed by atoms with Gasteiger partial charge in [-0.05, 0) is 36.6 Å². The maximum Gasteiger partial charge on any atom is 0.111 e. The number of hydrogen-bond donors (Lipinski definition) is 0. The molecule has 0 unspecified atom stereocenters. The lowest BCUT2D eigenvalue weighted by Gasteiger charge is -2.08. The second-order valence-corrected chi connectivity index (χ2v) is 5.76. The zero-order valence-electron chi connectivity index (χ0n) is 12.4. The maximum absolute atomic E-state index is 5.92. The minimum Gasteiger partial charge on any atom is -0.328 e. The summed E-state index contributed by atoms with van der Waals surface area (Å²) in [5, 5.41) is 4.22. The molecule has 5 heteroatoms. The second kappa shape index (κ2) is 5.90. The van der Waals surface area contributed by atoms with Crippen molar-refractivity contribution >= 4 is 22.6 Å². The van der Waals surface area contributed by atoms with Gasteiger partial charge in [-0.2, -0.15) is 5.10 Å². The molecule has 0 spiro atoms. The molecule has 0 N–H and O–H groups in total. The summed E-state index contributed by atoms with van der Waals surface area (Å²) in [5.41, 5.74) is 4.73. The summed E-state index contributed by atoms with van der Waals surface area (Å²) < 4.78 is 4.13. The van der Waals surface area contributed by atoms with Crippen molar-refractivity contribution in [1.29, 1.82) is 0 Å². The molecular weight excluding hydrogens is 284 g/mol. The van der Waals surface area contributed by atoms with Gasteiger partial charge in [0.1, 0.15) is 5.82 Å². The average Bonchev–Trinajstić information content (AvgIpc) is 3.01. The molecule has 3 rings (SSSR count). The van der Waals surface area contributed by atoms with Gasteiger partial charge in [-0.1, -0.05) is 6.07 Å². The molecule has 0 saturated heterocycles. The van der Waals surface area contributed by atoms with E-state index in [0.29, 0.717) is 5.88 Å². The van der Waals surface area contributed by atoms with E-state index in [1.165, 1.54) is 16.6 Å². The van der Waals surface area contributed by atoms with Gasteiger partial charge in [-0.15, -0.1) is 11.6 Å². The lowest BCUT2D eigenvalue weighted by Crippen LogP contribution is -2.07. The summed E-state index contributed by atoms with van der Waals surface area (Å²) in [7, 11) is 1.94. The molecule has 0 amide bonds. The van der Waals surface area contributed by atoms with Crippen LogP contribution in [0.15, 0.2) is 30.6 Å². The van der Waals surface area contributed by atoms with Gasteiger partial charge in [0.05, 0.1) is 17.2 Å². The van der Waals surface area contributed by atoms with Crippen molar-refractivity contribution in [1.82, 2.24) is 19.3 Å². The van der Waals surface area contributed by atoms with E-state index in [9.17, 15) is 0 Å². The van der Waals surface area contributed by atoms with Crippen LogP contribution in [0.4, 0.5) is 0 Å². The Balaban J connectivity index is 1.94. The number of rotatable bonds is 5. The number of alkyl halides is 1. The van der Waals surface area contributed by atoms with Crippen LogP contribution in [0.1, 0.15) is 17.0 Å². The lowest BCUT2D eigenvalue weighted by atomic mass is 10.2. The zero-order valence-corrected chi connectivity index (χ0v) is 13.1. The fraction of sp³-hybridized carbons (Fsp3) is 0.375. The van der Waals surface area contributed by atoms with Crippen LogP contribution in [0, 0.1) is 6.92 Å². The molecule has 3 aromatic rings. The first-order chi connectivity index (χ1) is 10.2. The predicted molar refractivity (Wildman–Crippen MR) is 85.8 cm³/mol. The summed E-state index contributed by atoms with van der Waals surface area (Å²) in [6.45, 7) is 3.01. The van der Waals surface area contributed by atoms with Gasteiger partial charge in [0.2, 0.25) is 0 Å². The number of aromatic nitrogens is 4. The smallest absolute Gasteiger partial charge is 0.111 e. The molecule has 2 aromatic heterocycles. The summed E-state index contributed by atoms with van der Waals surface area (Å²) in [6.07, 6.45) is 5.72. The SMILES string of the molecule is Cc1ccc2nc(CCCl)n(CCc3cnn(C)c3)c2c1. The molecule has 0 bridgehead atoms. The normalized spacial score (nSPS) is 11.4. The predicted octanol–water partition coefficient (Wildman–Crippen LogP) is 3.10. The monoisotopic (exact) mass is 302 g/mol. The van der Waals surface area contributed by atoms with Gasteiger partial charge in [0.15, 0.2) is 0 Å². The standard InChI is InChI=1S/C16H19ClN4/c1-12-3-4-14-15(9-12)21(16(19-14)5-7-17)8-6-13-10-18-20(2)11-13/h3-4,9-11H,5-8H2,1-2H3. The topological polar surface area (TPSA) is 35.6 Å². The van der Waals surface area contributed by atoms with Crippen LogP contribution >= 0.6 is 11.6 Å². The third-order valence-corrected chi connectivity index (χ3v) is 3.87. The summed E-state index contributed by atoms with van der Waals surface area (Å²) in [4.78, 5) is 4.72. The van der Waals surface area contributed by atoms with Crippen LogP contribution in [0.3, 0.4) is 0 Å². The van der Waals surface area contributed by atoms with Gasteiger partial charge in [-0.25, -0.2) is 4.98 Å². The van der Waals surface area contributed by atoms with Gasteiger partial charge in [-0.3, -0.25) is 4.68 Å². The van der Waals surface area contributed by atoms with Gasteiger partial charge in [0.25, 0.3) is 0 Å². The minimum atomic E-state index is 0.592. The van der Waals surface area contributed by atoms with Crippen molar-refractivity contribution in [2.24, 2.45) is 7.05 Å². The number of fused-ring (bicyclic) bond motifs is 1. The number of benzene rings is 1. The first-order valence-electron chi connectivity index (χ1n) is 7.16. The fourth-order valence-electron chi connectivity index (χ4n) is 2.65. The maximum atomic E-state index is 5.92. The van der Waals surface area contributed by atoms with Gasteiger partial charge in [0, 0.05) is 32.1 Å². The molecule has 0 saturated carbocycles. The molecule has 2 heterocycles. The molecule has 4 nitrogen and oxygen atoms in total. The second-order valence-electron chi connectivity index (χ2n) is 5.38. The summed E-state index contributed by atoms with van der Waals surface area (Å²) >= 11 is 5.92. The number of nitrogens with zero attached hydrogens (tertiary/aromatic N) is 4. The Hall–Kier alpha value is -1.81. The van der Waals surface area contributed by atoms with E-state index in [2.05, 4.69) is 41.0 Å². The van der Waals surface area contributed by atoms with Crippen LogP contribution in [0.2, 0.25) is 0 Å². The third-order valence-electron chi connectivity index (χ3n) is 3.68. The Morgan fingerprint density at radius 1 is 1.24 bits per heavy atom.